The van der Waals surface area contributed by atoms with Gasteiger partial charge in [0.2, 0.25) is 0 Å². The Kier molecular flexibility index (Phi) is 4.40. The van der Waals surface area contributed by atoms with Crippen molar-refractivity contribution in [1.29, 1.82) is 0 Å². The third kappa shape index (κ3) is 4.23. The van der Waals surface area contributed by atoms with Crippen molar-refractivity contribution < 1.29 is 13.9 Å². The van der Waals surface area contributed by atoms with E-state index in [0.717, 1.165) is 19.4 Å². The molecule has 1 amide bonds. The van der Waals surface area contributed by atoms with Crippen LogP contribution in [0.15, 0.2) is 24.3 Å². The molecule has 1 aromatic rings. The zero-order valence-electron chi connectivity index (χ0n) is 11.4. The van der Waals surface area contributed by atoms with Crippen LogP contribution in [-0.4, -0.2) is 30.0 Å². The van der Waals surface area contributed by atoms with Gasteiger partial charge in [-0.15, -0.1) is 0 Å². The van der Waals surface area contributed by atoms with E-state index in [4.69, 9.17) is 4.74 Å². The second-order valence-electron chi connectivity index (χ2n) is 5.41. The largest absolute Gasteiger partial charge is 0.484 e. The first-order chi connectivity index (χ1) is 9.06. The second-order valence-corrected chi connectivity index (χ2v) is 5.41. The topological polar surface area (TPSA) is 29.5 Å². The lowest BCUT2D eigenvalue weighted by molar-refractivity contribution is -0.134. The molecule has 0 unspecified atom stereocenters. The minimum absolute atomic E-state index is 0.0144. The molecule has 0 aliphatic heterocycles. The Balaban J connectivity index is 1.86. The second kappa shape index (κ2) is 6.04. The molecule has 0 N–H and O–H groups in total. The normalized spacial score (nSPS) is 14.5. The van der Waals surface area contributed by atoms with E-state index >= 15 is 0 Å². The van der Waals surface area contributed by atoms with Crippen molar-refractivity contribution in [1.82, 2.24) is 4.90 Å². The van der Waals surface area contributed by atoms with E-state index in [-0.39, 0.29) is 18.3 Å². The van der Waals surface area contributed by atoms with Gasteiger partial charge in [-0.3, -0.25) is 4.79 Å². The first-order valence-electron chi connectivity index (χ1n) is 6.74. The van der Waals surface area contributed by atoms with Crippen molar-refractivity contribution >= 4 is 5.91 Å². The smallest absolute Gasteiger partial charge is 0.260 e. The standard InChI is InChI=1S/C15H20FNO2/c1-11(2)9-17(13-5-6-13)15(18)10-19-14-7-3-12(16)4-8-14/h3-4,7-8,11,13H,5-6,9-10H2,1-2H3. The van der Waals surface area contributed by atoms with Gasteiger partial charge in [-0.2, -0.15) is 0 Å². The van der Waals surface area contributed by atoms with Gasteiger partial charge in [0.25, 0.3) is 5.91 Å². The monoisotopic (exact) mass is 265 g/mol. The zero-order valence-corrected chi connectivity index (χ0v) is 11.4. The number of hydrogen-bond donors (Lipinski definition) is 0. The summed E-state index contributed by atoms with van der Waals surface area (Å²) >= 11 is 0. The molecule has 1 aliphatic rings. The van der Waals surface area contributed by atoms with Gasteiger partial charge in [0.1, 0.15) is 11.6 Å². The average molecular weight is 265 g/mol. The number of carbonyl (C=O) groups is 1. The van der Waals surface area contributed by atoms with Gasteiger partial charge in [-0.1, -0.05) is 13.8 Å². The summed E-state index contributed by atoms with van der Waals surface area (Å²) in [6.45, 7) is 5.00. The van der Waals surface area contributed by atoms with Crippen LogP contribution in [-0.2, 0) is 4.79 Å². The summed E-state index contributed by atoms with van der Waals surface area (Å²) < 4.78 is 18.1. The van der Waals surface area contributed by atoms with Gasteiger partial charge in [0.05, 0.1) is 0 Å². The van der Waals surface area contributed by atoms with E-state index < -0.39 is 0 Å². The average Bonchev–Trinajstić information content (AvgIpc) is 3.19. The zero-order chi connectivity index (χ0) is 13.8. The molecule has 4 heteroatoms. The molecular weight excluding hydrogens is 245 g/mol. The summed E-state index contributed by atoms with van der Waals surface area (Å²) in [6.07, 6.45) is 2.18. The Hall–Kier alpha value is -1.58. The van der Waals surface area contributed by atoms with Gasteiger partial charge >= 0.3 is 0 Å². The quantitative estimate of drug-likeness (QED) is 0.791. The van der Waals surface area contributed by atoms with E-state index in [1.165, 1.54) is 24.3 Å². The van der Waals surface area contributed by atoms with Gasteiger partial charge < -0.3 is 9.64 Å². The van der Waals surface area contributed by atoms with Crippen molar-refractivity contribution in [3.63, 3.8) is 0 Å². The number of hydrogen-bond acceptors (Lipinski definition) is 2. The number of nitrogens with zero attached hydrogens (tertiary/aromatic N) is 1. The number of carbonyl (C=O) groups excluding carboxylic acids is 1. The predicted octanol–water partition coefficient (Wildman–Crippen LogP) is 2.85. The van der Waals surface area contributed by atoms with E-state index in [9.17, 15) is 9.18 Å². The molecule has 0 saturated heterocycles. The molecule has 0 bridgehead atoms. The van der Waals surface area contributed by atoms with Crippen LogP contribution in [0.3, 0.4) is 0 Å². The summed E-state index contributed by atoms with van der Waals surface area (Å²) in [5, 5.41) is 0. The Morgan fingerprint density at radius 1 is 1.37 bits per heavy atom. The fraction of sp³-hybridized carbons (Fsp3) is 0.533. The third-order valence-electron chi connectivity index (χ3n) is 3.05. The molecule has 0 heterocycles. The summed E-state index contributed by atoms with van der Waals surface area (Å²) in [7, 11) is 0. The first kappa shape index (κ1) is 13.8. The summed E-state index contributed by atoms with van der Waals surface area (Å²) in [5.41, 5.74) is 0. The maximum absolute atomic E-state index is 12.7. The fourth-order valence-corrected chi connectivity index (χ4v) is 1.99. The van der Waals surface area contributed by atoms with E-state index in [1.807, 2.05) is 4.90 Å². The molecule has 1 aromatic carbocycles. The minimum atomic E-state index is -0.307. The molecule has 0 aromatic heterocycles. The predicted molar refractivity (Wildman–Crippen MR) is 71.5 cm³/mol. The van der Waals surface area contributed by atoms with Crippen LogP contribution >= 0.6 is 0 Å². The molecule has 104 valence electrons. The van der Waals surface area contributed by atoms with E-state index in [2.05, 4.69) is 13.8 Å². The van der Waals surface area contributed by atoms with E-state index in [0.29, 0.717) is 17.7 Å². The number of amides is 1. The fourth-order valence-electron chi connectivity index (χ4n) is 1.99. The highest BCUT2D eigenvalue weighted by atomic mass is 19.1. The Labute approximate surface area is 113 Å². The molecule has 3 nitrogen and oxygen atoms in total. The molecule has 1 fully saturated rings. The van der Waals surface area contributed by atoms with Gasteiger partial charge in [0.15, 0.2) is 6.61 Å². The van der Waals surface area contributed by atoms with Gasteiger partial charge in [-0.05, 0) is 43.0 Å². The molecular formula is C15H20FNO2. The van der Waals surface area contributed by atoms with Crippen LogP contribution in [0, 0.1) is 11.7 Å². The Morgan fingerprint density at radius 2 is 2.00 bits per heavy atom. The summed E-state index contributed by atoms with van der Waals surface area (Å²) in [5.74, 6) is 0.684. The molecule has 0 atom stereocenters. The van der Waals surface area contributed by atoms with Crippen molar-refractivity contribution in [2.24, 2.45) is 5.92 Å². The van der Waals surface area contributed by atoms with Gasteiger partial charge in [-0.25, -0.2) is 4.39 Å². The molecule has 1 aliphatic carbocycles. The summed E-state index contributed by atoms with van der Waals surface area (Å²) in [4.78, 5) is 14.0. The Morgan fingerprint density at radius 3 is 2.53 bits per heavy atom. The molecule has 2 rings (SSSR count). The maximum Gasteiger partial charge on any atom is 0.260 e. The van der Waals surface area contributed by atoms with Gasteiger partial charge in [0, 0.05) is 12.6 Å². The van der Waals surface area contributed by atoms with Crippen molar-refractivity contribution in [2.45, 2.75) is 32.7 Å². The highest BCUT2D eigenvalue weighted by Gasteiger charge is 2.32. The number of rotatable bonds is 6. The van der Waals surface area contributed by atoms with Crippen molar-refractivity contribution in [2.75, 3.05) is 13.2 Å². The highest BCUT2D eigenvalue weighted by Crippen LogP contribution is 2.27. The Bertz CT molecular complexity index is 426. The molecule has 0 radical (unpaired) electrons. The van der Waals surface area contributed by atoms with Crippen LogP contribution in [0.1, 0.15) is 26.7 Å². The van der Waals surface area contributed by atoms with Crippen LogP contribution in [0.4, 0.5) is 4.39 Å². The third-order valence-corrected chi connectivity index (χ3v) is 3.05. The maximum atomic E-state index is 12.7. The number of halogens is 1. The van der Waals surface area contributed by atoms with Crippen LogP contribution in [0.2, 0.25) is 0 Å². The first-order valence-corrected chi connectivity index (χ1v) is 6.74. The summed E-state index contributed by atoms with van der Waals surface area (Å²) in [6, 6.07) is 6.12. The minimum Gasteiger partial charge on any atom is -0.484 e. The lowest BCUT2D eigenvalue weighted by atomic mass is 10.2. The van der Waals surface area contributed by atoms with Crippen molar-refractivity contribution in [3.05, 3.63) is 30.1 Å². The van der Waals surface area contributed by atoms with Crippen LogP contribution < -0.4 is 4.74 Å². The van der Waals surface area contributed by atoms with E-state index in [1.54, 1.807) is 0 Å². The molecule has 19 heavy (non-hydrogen) atoms. The highest BCUT2D eigenvalue weighted by molar-refractivity contribution is 5.78. The van der Waals surface area contributed by atoms with Crippen molar-refractivity contribution in [3.8, 4) is 5.75 Å². The molecule has 1 saturated carbocycles. The number of benzene rings is 1. The van der Waals surface area contributed by atoms with Crippen LogP contribution in [0.25, 0.3) is 0 Å². The molecule has 0 spiro atoms. The lowest BCUT2D eigenvalue weighted by Crippen LogP contribution is -2.39. The van der Waals surface area contributed by atoms with Crippen LogP contribution in [0.5, 0.6) is 5.75 Å². The number of ether oxygens (including phenoxy) is 1. The SMILES string of the molecule is CC(C)CN(C(=O)COc1ccc(F)cc1)C1CC1. The lowest BCUT2D eigenvalue weighted by Gasteiger charge is -2.24.